The van der Waals surface area contributed by atoms with E-state index < -0.39 is 0 Å². The topological polar surface area (TPSA) is 71.5 Å². The number of aliphatic hydroxyl groups excluding tert-OH is 1. The smallest absolute Gasteiger partial charge is 0.152 e. The van der Waals surface area contributed by atoms with Crippen molar-refractivity contribution in [3.63, 3.8) is 0 Å². The molecule has 0 amide bonds. The molecule has 1 aromatic heterocycles. The molecule has 2 N–H and O–H groups in total. The van der Waals surface area contributed by atoms with Gasteiger partial charge in [0, 0.05) is 31.0 Å². The van der Waals surface area contributed by atoms with Crippen molar-refractivity contribution in [3.8, 4) is 5.75 Å². The summed E-state index contributed by atoms with van der Waals surface area (Å²) in [5.41, 5.74) is 3.32. The Morgan fingerprint density at radius 2 is 2.09 bits per heavy atom. The van der Waals surface area contributed by atoms with Gasteiger partial charge in [-0.1, -0.05) is 18.7 Å². The molecule has 22 heavy (non-hydrogen) atoms. The van der Waals surface area contributed by atoms with E-state index >= 15 is 0 Å². The Morgan fingerprint density at radius 3 is 2.73 bits per heavy atom. The number of ether oxygens (including phenoxy) is 1. The number of pyridine rings is 1. The molecule has 0 radical (unpaired) electrons. The maximum atomic E-state index is 10.9. The van der Waals surface area contributed by atoms with Gasteiger partial charge in [-0.15, -0.1) is 0 Å². The maximum Gasteiger partial charge on any atom is 0.152 e. The fourth-order valence-corrected chi connectivity index (χ4v) is 1.91. The normalized spacial score (nSPS) is 9.23. The van der Waals surface area contributed by atoms with Crippen LogP contribution in [0.4, 0.5) is 5.69 Å². The van der Waals surface area contributed by atoms with Crippen LogP contribution in [0, 0.1) is 0 Å². The maximum absolute atomic E-state index is 10.9. The van der Waals surface area contributed by atoms with E-state index in [1.165, 1.54) is 0 Å². The number of aldehydes is 1. The molecule has 0 aliphatic carbocycles. The Bertz CT molecular complexity index is 627. The summed E-state index contributed by atoms with van der Waals surface area (Å²) in [4.78, 5) is 14.9. The predicted molar refractivity (Wildman–Crippen MR) is 88.2 cm³/mol. The molecule has 0 spiro atoms. The minimum Gasteiger partial charge on any atom is -0.496 e. The highest BCUT2D eigenvalue weighted by atomic mass is 16.5. The Hall–Kier alpha value is -2.66. The summed E-state index contributed by atoms with van der Waals surface area (Å²) < 4.78 is 5.24. The molecule has 0 saturated heterocycles. The molecule has 2 rings (SSSR count). The van der Waals surface area contributed by atoms with Crippen molar-refractivity contribution >= 4 is 18.0 Å². The van der Waals surface area contributed by atoms with Gasteiger partial charge in [-0.25, -0.2) is 0 Å². The van der Waals surface area contributed by atoms with E-state index in [-0.39, 0.29) is 0 Å². The number of carbonyl (C=O) groups excluding carboxylic acids is 1. The van der Waals surface area contributed by atoms with E-state index in [1.807, 2.05) is 18.2 Å². The summed E-state index contributed by atoms with van der Waals surface area (Å²) in [6.07, 6.45) is 5.80. The predicted octanol–water partition coefficient (Wildman–Crippen LogP) is 2.77. The van der Waals surface area contributed by atoms with Crippen LogP contribution in [0.1, 0.15) is 21.5 Å². The number of anilines is 1. The number of nitrogens with one attached hydrogen (secondary N) is 1. The first-order chi connectivity index (χ1) is 10.8. The fourth-order valence-electron chi connectivity index (χ4n) is 1.91. The van der Waals surface area contributed by atoms with Crippen LogP contribution >= 0.6 is 0 Å². The van der Waals surface area contributed by atoms with Crippen LogP contribution in [0.25, 0.3) is 6.08 Å². The lowest BCUT2D eigenvalue weighted by Gasteiger charge is -2.10. The number of rotatable bonds is 6. The second kappa shape index (κ2) is 9.31. The van der Waals surface area contributed by atoms with Crippen molar-refractivity contribution in [2.24, 2.45) is 0 Å². The molecule has 0 fully saturated rings. The summed E-state index contributed by atoms with van der Waals surface area (Å²) >= 11 is 0. The van der Waals surface area contributed by atoms with Gasteiger partial charge in [0.2, 0.25) is 0 Å². The van der Waals surface area contributed by atoms with Crippen LogP contribution in [-0.2, 0) is 6.54 Å². The first-order valence-corrected chi connectivity index (χ1v) is 6.65. The minimum atomic E-state index is 0.595. The molecule has 0 unspecified atom stereocenters. The number of hydrogen-bond donors (Lipinski definition) is 2. The van der Waals surface area contributed by atoms with Gasteiger partial charge in [0.05, 0.1) is 19.0 Å². The number of benzene rings is 1. The molecule has 0 aliphatic heterocycles. The summed E-state index contributed by atoms with van der Waals surface area (Å²) in [6.45, 7) is 4.36. The summed E-state index contributed by atoms with van der Waals surface area (Å²) in [7, 11) is 2.63. The van der Waals surface area contributed by atoms with Crippen molar-refractivity contribution in [2.45, 2.75) is 6.54 Å². The van der Waals surface area contributed by atoms with Crippen LogP contribution in [-0.4, -0.2) is 30.6 Å². The first kappa shape index (κ1) is 17.4. The van der Waals surface area contributed by atoms with Gasteiger partial charge in [-0.2, -0.15) is 0 Å². The van der Waals surface area contributed by atoms with E-state index in [4.69, 9.17) is 9.84 Å². The van der Waals surface area contributed by atoms with Crippen molar-refractivity contribution in [1.29, 1.82) is 0 Å². The largest absolute Gasteiger partial charge is 0.496 e. The standard InChI is InChI=1S/C16H16N2O2.CH4O/c1-3-13-8-12(4-5-16(13)20-2)9-18-15-10-17-7-6-14(15)11-19;1-2/h3-8,10-11,18H,1,9H2,2H3;2H,1H3. The molecule has 0 atom stereocenters. The van der Waals surface area contributed by atoms with E-state index in [0.717, 1.165) is 36.0 Å². The number of aromatic nitrogens is 1. The zero-order valence-corrected chi connectivity index (χ0v) is 12.7. The number of carbonyl (C=O) groups is 1. The second-order valence-electron chi connectivity index (χ2n) is 4.21. The molecular weight excluding hydrogens is 280 g/mol. The summed E-state index contributed by atoms with van der Waals surface area (Å²) in [6, 6.07) is 7.54. The van der Waals surface area contributed by atoms with E-state index in [0.29, 0.717) is 12.1 Å². The van der Waals surface area contributed by atoms with Gasteiger partial charge < -0.3 is 15.2 Å². The zero-order chi connectivity index (χ0) is 16.4. The van der Waals surface area contributed by atoms with Crippen LogP contribution in [0.15, 0.2) is 43.2 Å². The van der Waals surface area contributed by atoms with Gasteiger partial charge in [-0.05, 0) is 23.8 Å². The lowest BCUT2D eigenvalue weighted by Crippen LogP contribution is -2.03. The molecule has 116 valence electrons. The Kier molecular flexibility index (Phi) is 7.36. The number of hydrogen-bond acceptors (Lipinski definition) is 5. The Morgan fingerprint density at radius 1 is 1.32 bits per heavy atom. The molecule has 1 aromatic carbocycles. The monoisotopic (exact) mass is 300 g/mol. The van der Waals surface area contributed by atoms with Crippen LogP contribution in [0.2, 0.25) is 0 Å². The molecule has 0 saturated carbocycles. The Balaban J connectivity index is 0.00000116. The quantitative estimate of drug-likeness (QED) is 0.803. The van der Waals surface area contributed by atoms with Crippen molar-refractivity contribution in [3.05, 3.63) is 59.9 Å². The summed E-state index contributed by atoms with van der Waals surface area (Å²) in [5, 5.41) is 10.2. The number of aliphatic hydroxyl groups is 1. The van der Waals surface area contributed by atoms with Crippen molar-refractivity contribution < 1.29 is 14.6 Å². The van der Waals surface area contributed by atoms with Crippen molar-refractivity contribution in [1.82, 2.24) is 4.98 Å². The Labute approximate surface area is 130 Å². The molecule has 0 aliphatic rings. The van der Waals surface area contributed by atoms with Gasteiger partial charge >= 0.3 is 0 Å². The highest BCUT2D eigenvalue weighted by Crippen LogP contribution is 2.21. The van der Waals surface area contributed by atoms with E-state index in [9.17, 15) is 4.79 Å². The fraction of sp³-hybridized carbons (Fsp3) is 0.176. The lowest BCUT2D eigenvalue weighted by molar-refractivity contribution is 0.112. The highest BCUT2D eigenvalue weighted by molar-refractivity contribution is 5.83. The SMILES string of the molecule is C=Cc1cc(CNc2cnccc2C=O)ccc1OC.CO. The van der Waals surface area contributed by atoms with Gasteiger partial charge in [0.15, 0.2) is 6.29 Å². The molecule has 0 bridgehead atoms. The molecule has 2 aromatic rings. The third kappa shape index (κ3) is 4.43. The molecule has 5 nitrogen and oxygen atoms in total. The third-order valence-electron chi connectivity index (χ3n) is 2.98. The average molecular weight is 300 g/mol. The van der Waals surface area contributed by atoms with Crippen LogP contribution in [0.3, 0.4) is 0 Å². The third-order valence-corrected chi connectivity index (χ3v) is 2.98. The van der Waals surface area contributed by atoms with E-state index in [1.54, 1.807) is 31.6 Å². The van der Waals surface area contributed by atoms with Crippen molar-refractivity contribution in [2.75, 3.05) is 19.5 Å². The lowest BCUT2D eigenvalue weighted by atomic mass is 10.1. The zero-order valence-electron chi connectivity index (χ0n) is 12.7. The van der Waals surface area contributed by atoms with Crippen LogP contribution < -0.4 is 10.1 Å². The van der Waals surface area contributed by atoms with Gasteiger partial charge in [-0.3, -0.25) is 9.78 Å². The first-order valence-electron chi connectivity index (χ1n) is 6.65. The summed E-state index contributed by atoms with van der Waals surface area (Å²) in [5.74, 6) is 0.790. The number of methoxy groups -OCH3 is 1. The molecule has 5 heteroatoms. The second-order valence-corrected chi connectivity index (χ2v) is 4.21. The van der Waals surface area contributed by atoms with Crippen LogP contribution in [0.5, 0.6) is 5.75 Å². The highest BCUT2D eigenvalue weighted by Gasteiger charge is 2.03. The van der Waals surface area contributed by atoms with Gasteiger partial charge in [0.1, 0.15) is 5.75 Å². The average Bonchev–Trinajstić information content (AvgIpc) is 2.61. The molecule has 1 heterocycles. The number of nitrogens with zero attached hydrogens (tertiary/aromatic N) is 1. The molecular formula is C17H20N2O3. The van der Waals surface area contributed by atoms with E-state index in [2.05, 4.69) is 16.9 Å². The van der Waals surface area contributed by atoms with Gasteiger partial charge in [0.25, 0.3) is 0 Å². The minimum absolute atomic E-state index is 0.595.